The normalized spacial score (nSPS) is 16.4. The molecule has 0 saturated carbocycles. The van der Waals surface area contributed by atoms with E-state index in [9.17, 15) is 4.79 Å². The molecule has 1 heterocycles. The largest absolute Gasteiger partial charge is 0.315 e. The molecule has 2 rings (SSSR count). The molecule has 0 saturated heterocycles. The molecule has 0 bridgehead atoms. The number of hydrogen-bond acceptors (Lipinski definition) is 1. The molecule has 2 nitrogen and oxygen atoms in total. The molecule has 0 fully saturated rings. The molecule has 74 valence electrons. The molecule has 2 heteroatoms. The van der Waals surface area contributed by atoms with E-state index in [1.165, 1.54) is 11.1 Å². The van der Waals surface area contributed by atoms with Crippen molar-refractivity contribution in [3.8, 4) is 0 Å². The number of hydrogen-bond donors (Lipinski definition) is 0. The predicted molar refractivity (Wildman–Crippen MR) is 57.5 cm³/mol. The van der Waals surface area contributed by atoms with Gasteiger partial charge in [0.25, 0.3) is 0 Å². The highest BCUT2D eigenvalue weighted by Gasteiger charge is 2.18. The lowest BCUT2D eigenvalue weighted by Gasteiger charge is -2.17. The second-order valence-electron chi connectivity index (χ2n) is 3.94. The van der Waals surface area contributed by atoms with E-state index in [4.69, 9.17) is 0 Å². The number of fused-ring (bicyclic) bond motifs is 1. The summed E-state index contributed by atoms with van der Waals surface area (Å²) in [5.74, 6) is 0.231. The first kappa shape index (κ1) is 9.25. The fourth-order valence-corrected chi connectivity index (χ4v) is 1.93. The van der Waals surface area contributed by atoms with Gasteiger partial charge in [-0.2, -0.15) is 0 Å². The zero-order valence-electron chi connectivity index (χ0n) is 8.71. The number of nitrogens with zero attached hydrogens (tertiary/aromatic N) is 1. The second kappa shape index (κ2) is 3.45. The van der Waals surface area contributed by atoms with Gasteiger partial charge in [-0.1, -0.05) is 12.1 Å². The first-order valence-electron chi connectivity index (χ1n) is 5.04. The van der Waals surface area contributed by atoms with Crippen molar-refractivity contribution < 1.29 is 4.79 Å². The average Bonchev–Trinajstić information content (AvgIpc) is 2.30. The van der Waals surface area contributed by atoms with Crippen molar-refractivity contribution in [1.82, 2.24) is 0 Å². The van der Waals surface area contributed by atoms with E-state index in [0.717, 1.165) is 18.5 Å². The number of rotatable bonds is 0. The van der Waals surface area contributed by atoms with Gasteiger partial charge in [-0.3, -0.25) is 4.79 Å². The minimum Gasteiger partial charge on any atom is -0.315 e. The molecule has 0 unspecified atom stereocenters. The SMILES string of the molecule is Cc1ccc2c(c1)N(C)C(=O)CCC2. The summed E-state index contributed by atoms with van der Waals surface area (Å²) in [5, 5.41) is 0. The monoisotopic (exact) mass is 189 g/mol. The fourth-order valence-electron chi connectivity index (χ4n) is 1.93. The van der Waals surface area contributed by atoms with E-state index in [0.29, 0.717) is 6.42 Å². The number of carbonyl (C=O) groups excluding carboxylic acids is 1. The highest BCUT2D eigenvalue weighted by Crippen LogP contribution is 2.26. The standard InChI is InChI=1S/C12H15NO/c1-9-6-7-10-4-3-5-12(14)13(2)11(10)8-9/h6-8H,3-5H2,1-2H3. The number of aryl methyl sites for hydroxylation is 2. The van der Waals surface area contributed by atoms with E-state index in [-0.39, 0.29) is 5.91 Å². The number of amides is 1. The molecule has 0 spiro atoms. The van der Waals surface area contributed by atoms with Crippen molar-refractivity contribution in [2.24, 2.45) is 0 Å². The molecule has 0 aromatic heterocycles. The van der Waals surface area contributed by atoms with E-state index in [1.807, 2.05) is 7.05 Å². The quantitative estimate of drug-likeness (QED) is 0.613. The van der Waals surface area contributed by atoms with Crippen LogP contribution in [-0.4, -0.2) is 13.0 Å². The summed E-state index contributed by atoms with van der Waals surface area (Å²) in [7, 11) is 1.87. The Morgan fingerprint density at radius 2 is 2.07 bits per heavy atom. The van der Waals surface area contributed by atoms with E-state index in [2.05, 4.69) is 25.1 Å². The summed E-state index contributed by atoms with van der Waals surface area (Å²) in [6.07, 6.45) is 2.66. The average molecular weight is 189 g/mol. The van der Waals surface area contributed by atoms with Crippen LogP contribution in [-0.2, 0) is 11.2 Å². The second-order valence-corrected chi connectivity index (χ2v) is 3.94. The fraction of sp³-hybridized carbons (Fsp3) is 0.417. The Morgan fingerprint density at radius 3 is 2.86 bits per heavy atom. The summed E-state index contributed by atoms with van der Waals surface area (Å²) in [6.45, 7) is 2.06. The first-order chi connectivity index (χ1) is 6.68. The van der Waals surface area contributed by atoms with Gasteiger partial charge in [-0.25, -0.2) is 0 Å². The molecule has 14 heavy (non-hydrogen) atoms. The summed E-state index contributed by atoms with van der Waals surface area (Å²) in [5.41, 5.74) is 3.60. The molecule has 1 amide bonds. The zero-order chi connectivity index (χ0) is 10.1. The van der Waals surface area contributed by atoms with Crippen molar-refractivity contribution in [2.45, 2.75) is 26.2 Å². The molecule has 0 N–H and O–H groups in total. The van der Waals surface area contributed by atoms with Crippen LogP contribution in [0.15, 0.2) is 18.2 Å². The maximum absolute atomic E-state index is 11.6. The summed E-state index contributed by atoms with van der Waals surface area (Å²) in [6, 6.07) is 6.35. The maximum atomic E-state index is 11.6. The molecular weight excluding hydrogens is 174 g/mol. The van der Waals surface area contributed by atoms with Crippen molar-refractivity contribution in [3.05, 3.63) is 29.3 Å². The van der Waals surface area contributed by atoms with E-state index >= 15 is 0 Å². The Hall–Kier alpha value is -1.31. The Labute approximate surface area is 84.5 Å². The minimum atomic E-state index is 0.231. The van der Waals surface area contributed by atoms with Crippen molar-refractivity contribution in [2.75, 3.05) is 11.9 Å². The van der Waals surface area contributed by atoms with Crippen LogP contribution in [0.25, 0.3) is 0 Å². The van der Waals surface area contributed by atoms with Crippen molar-refractivity contribution >= 4 is 11.6 Å². The highest BCUT2D eigenvalue weighted by atomic mass is 16.2. The van der Waals surface area contributed by atoms with Crippen LogP contribution >= 0.6 is 0 Å². The number of anilines is 1. The summed E-state index contributed by atoms with van der Waals surface area (Å²) >= 11 is 0. The molecular formula is C12H15NO. The molecule has 0 aliphatic carbocycles. The number of carbonyl (C=O) groups is 1. The molecule has 1 aromatic rings. The lowest BCUT2D eigenvalue weighted by atomic mass is 10.1. The van der Waals surface area contributed by atoms with Crippen molar-refractivity contribution in [3.63, 3.8) is 0 Å². The first-order valence-corrected chi connectivity index (χ1v) is 5.04. The highest BCUT2D eigenvalue weighted by molar-refractivity contribution is 5.94. The van der Waals surface area contributed by atoms with Crippen LogP contribution in [0.2, 0.25) is 0 Å². The molecule has 0 atom stereocenters. The molecule has 0 radical (unpaired) electrons. The lowest BCUT2D eigenvalue weighted by molar-refractivity contribution is -0.118. The van der Waals surface area contributed by atoms with Gasteiger partial charge in [0.15, 0.2) is 0 Å². The Bertz CT molecular complexity index is 371. The topological polar surface area (TPSA) is 20.3 Å². The number of benzene rings is 1. The van der Waals surface area contributed by atoms with Gasteiger partial charge >= 0.3 is 0 Å². The zero-order valence-corrected chi connectivity index (χ0v) is 8.71. The molecule has 1 aliphatic heterocycles. The third kappa shape index (κ3) is 1.52. The summed E-state index contributed by atoms with van der Waals surface area (Å²) in [4.78, 5) is 13.4. The van der Waals surface area contributed by atoms with Gasteiger partial charge < -0.3 is 4.90 Å². The maximum Gasteiger partial charge on any atom is 0.226 e. The smallest absolute Gasteiger partial charge is 0.226 e. The van der Waals surface area contributed by atoms with Gasteiger partial charge in [0.05, 0.1) is 0 Å². The molecule has 1 aliphatic rings. The van der Waals surface area contributed by atoms with Gasteiger partial charge in [0.2, 0.25) is 5.91 Å². The van der Waals surface area contributed by atoms with Crippen LogP contribution in [0, 0.1) is 6.92 Å². The van der Waals surface area contributed by atoms with Crippen LogP contribution in [0.4, 0.5) is 5.69 Å². The van der Waals surface area contributed by atoms with E-state index < -0.39 is 0 Å². The Morgan fingerprint density at radius 1 is 1.29 bits per heavy atom. The van der Waals surface area contributed by atoms with Crippen LogP contribution in [0.1, 0.15) is 24.0 Å². The third-order valence-electron chi connectivity index (χ3n) is 2.81. The predicted octanol–water partition coefficient (Wildman–Crippen LogP) is 2.29. The van der Waals surface area contributed by atoms with Gasteiger partial charge in [-0.15, -0.1) is 0 Å². The Kier molecular flexibility index (Phi) is 2.28. The molecule has 1 aromatic carbocycles. The third-order valence-corrected chi connectivity index (χ3v) is 2.81. The lowest BCUT2D eigenvalue weighted by Crippen LogP contribution is -2.25. The minimum absolute atomic E-state index is 0.231. The Balaban J connectivity index is 2.49. The van der Waals surface area contributed by atoms with Crippen LogP contribution in [0.3, 0.4) is 0 Å². The van der Waals surface area contributed by atoms with Crippen LogP contribution in [0.5, 0.6) is 0 Å². The van der Waals surface area contributed by atoms with Crippen molar-refractivity contribution in [1.29, 1.82) is 0 Å². The van der Waals surface area contributed by atoms with Gasteiger partial charge in [-0.05, 0) is 37.0 Å². The van der Waals surface area contributed by atoms with Gasteiger partial charge in [0.1, 0.15) is 0 Å². The van der Waals surface area contributed by atoms with Crippen LogP contribution < -0.4 is 4.90 Å². The van der Waals surface area contributed by atoms with Gasteiger partial charge in [0, 0.05) is 19.2 Å². The summed E-state index contributed by atoms with van der Waals surface area (Å²) < 4.78 is 0. The van der Waals surface area contributed by atoms with E-state index in [1.54, 1.807) is 4.90 Å².